The summed E-state index contributed by atoms with van der Waals surface area (Å²) in [5, 5.41) is 8.93. The maximum atomic E-state index is 12.5. The lowest BCUT2D eigenvalue weighted by Crippen LogP contribution is -2.26. The third-order valence-corrected chi connectivity index (χ3v) is 6.71. The van der Waals surface area contributed by atoms with Crippen molar-refractivity contribution in [3.05, 3.63) is 44.8 Å². The minimum atomic E-state index is -3.79. The topological polar surface area (TPSA) is 87.6 Å². The van der Waals surface area contributed by atoms with Gasteiger partial charge in [-0.25, -0.2) is 13.2 Å². The number of rotatable bonds is 5. The van der Waals surface area contributed by atoms with Crippen molar-refractivity contribution in [2.24, 2.45) is 0 Å². The number of carboxylic acid groups (broad SMARTS) is 1. The fraction of sp³-hybridized carbons (Fsp3) is 0.167. The molecule has 0 saturated heterocycles. The van der Waals surface area contributed by atoms with E-state index < -0.39 is 16.0 Å². The van der Waals surface area contributed by atoms with Crippen LogP contribution in [0.4, 0.5) is 0 Å². The molecule has 0 atom stereocenters. The lowest BCUT2D eigenvalue weighted by atomic mass is 10.3. The summed E-state index contributed by atoms with van der Waals surface area (Å²) in [7, 11) is -2.36. The van der Waals surface area contributed by atoms with Gasteiger partial charge in [-0.1, -0.05) is 6.07 Å². The van der Waals surface area contributed by atoms with Gasteiger partial charge in [0.25, 0.3) is 0 Å². The van der Waals surface area contributed by atoms with E-state index in [2.05, 4.69) is 20.9 Å². The second-order valence-corrected chi connectivity index (χ2v) is 8.52. The largest absolute Gasteiger partial charge is 0.477 e. The molecule has 0 aliphatic rings. The number of aromatic nitrogens is 1. The molecule has 2 aromatic heterocycles. The molecule has 0 aromatic carbocycles. The quantitative estimate of drug-likeness (QED) is 0.846. The smallest absolute Gasteiger partial charge is 0.345 e. The molecule has 2 rings (SSSR count). The molecule has 2 heterocycles. The highest BCUT2D eigenvalue weighted by atomic mass is 79.9. The normalized spacial score (nSPS) is 11.8. The van der Waals surface area contributed by atoms with Crippen molar-refractivity contribution in [1.29, 1.82) is 0 Å². The van der Waals surface area contributed by atoms with Crippen LogP contribution in [-0.4, -0.2) is 35.8 Å². The molecular weight excluding hydrogens is 380 g/mol. The predicted molar refractivity (Wildman–Crippen MR) is 81.9 cm³/mol. The van der Waals surface area contributed by atoms with Crippen molar-refractivity contribution in [1.82, 2.24) is 9.29 Å². The fourth-order valence-electron chi connectivity index (χ4n) is 1.61. The Morgan fingerprint density at radius 2 is 2.19 bits per heavy atom. The summed E-state index contributed by atoms with van der Waals surface area (Å²) < 4.78 is 26.4. The summed E-state index contributed by atoms with van der Waals surface area (Å²) >= 11 is 3.98. The van der Waals surface area contributed by atoms with Crippen molar-refractivity contribution in [2.75, 3.05) is 7.05 Å². The van der Waals surface area contributed by atoms with E-state index in [4.69, 9.17) is 5.11 Å². The van der Waals surface area contributed by atoms with Crippen LogP contribution in [0.1, 0.15) is 15.4 Å². The first-order chi connectivity index (χ1) is 9.82. The molecule has 6 nitrogen and oxygen atoms in total. The molecule has 0 spiro atoms. The lowest BCUT2D eigenvalue weighted by molar-refractivity contribution is 0.0702. The Labute approximate surface area is 134 Å². The standard InChI is InChI=1S/C12H11BrN2O4S2/c1-15(7-8-4-2-3-5-14-8)21(18,19)10-6-9(12(16)17)20-11(10)13/h2-6H,7H2,1H3,(H,16,17). The van der Waals surface area contributed by atoms with Crippen LogP contribution < -0.4 is 0 Å². The van der Waals surface area contributed by atoms with Gasteiger partial charge in [0, 0.05) is 13.2 Å². The first kappa shape index (κ1) is 16.1. The van der Waals surface area contributed by atoms with Gasteiger partial charge in [-0.2, -0.15) is 4.31 Å². The number of hydrogen-bond donors (Lipinski definition) is 1. The predicted octanol–water partition coefficient (Wildman–Crippen LogP) is 2.42. The van der Waals surface area contributed by atoms with Crippen molar-refractivity contribution in [3.63, 3.8) is 0 Å². The van der Waals surface area contributed by atoms with Gasteiger partial charge >= 0.3 is 5.97 Å². The average Bonchev–Trinajstić information content (AvgIpc) is 2.83. The van der Waals surface area contributed by atoms with Crippen LogP contribution in [0.2, 0.25) is 0 Å². The van der Waals surface area contributed by atoms with Crippen molar-refractivity contribution in [2.45, 2.75) is 11.4 Å². The Bertz CT molecular complexity index is 759. The van der Waals surface area contributed by atoms with E-state index in [1.807, 2.05) is 0 Å². The van der Waals surface area contributed by atoms with Gasteiger partial charge in [0.05, 0.1) is 16.0 Å². The average molecular weight is 391 g/mol. The van der Waals surface area contributed by atoms with Crippen LogP contribution >= 0.6 is 27.3 Å². The Hall–Kier alpha value is -1.29. The molecule has 0 radical (unpaired) electrons. The summed E-state index contributed by atoms with van der Waals surface area (Å²) in [5.41, 5.74) is 0.605. The number of hydrogen-bond acceptors (Lipinski definition) is 5. The van der Waals surface area contributed by atoms with Gasteiger partial charge in [-0.15, -0.1) is 11.3 Å². The summed E-state index contributed by atoms with van der Waals surface area (Å²) in [6.07, 6.45) is 1.58. The van der Waals surface area contributed by atoms with Crippen LogP contribution in [0.15, 0.2) is 39.1 Å². The van der Waals surface area contributed by atoms with Gasteiger partial charge < -0.3 is 5.11 Å². The summed E-state index contributed by atoms with van der Waals surface area (Å²) in [6, 6.07) is 6.39. The molecule has 2 aromatic rings. The maximum Gasteiger partial charge on any atom is 0.345 e. The van der Waals surface area contributed by atoms with Crippen molar-refractivity contribution in [3.8, 4) is 0 Å². The summed E-state index contributed by atoms with van der Waals surface area (Å²) in [6.45, 7) is 0.105. The fourth-order valence-corrected chi connectivity index (χ4v) is 5.10. The third kappa shape index (κ3) is 3.49. The van der Waals surface area contributed by atoms with Crippen molar-refractivity contribution < 1.29 is 18.3 Å². The van der Waals surface area contributed by atoms with Crippen molar-refractivity contribution >= 4 is 43.3 Å². The number of thiophene rings is 1. The van der Waals surface area contributed by atoms with E-state index in [9.17, 15) is 13.2 Å². The lowest BCUT2D eigenvalue weighted by Gasteiger charge is -2.16. The Morgan fingerprint density at radius 3 is 2.71 bits per heavy atom. The first-order valence-electron chi connectivity index (χ1n) is 5.71. The molecule has 1 N–H and O–H groups in total. The number of carboxylic acids is 1. The van der Waals surface area contributed by atoms with E-state index in [1.165, 1.54) is 7.05 Å². The number of sulfonamides is 1. The van der Waals surface area contributed by atoms with Gasteiger partial charge in [0.1, 0.15) is 9.77 Å². The Kier molecular flexibility index (Phi) is 4.77. The van der Waals surface area contributed by atoms with Crippen LogP contribution in [0.5, 0.6) is 0 Å². The highest BCUT2D eigenvalue weighted by Gasteiger charge is 2.27. The number of carbonyl (C=O) groups is 1. The van der Waals surface area contributed by atoms with E-state index in [1.54, 1.807) is 24.4 Å². The highest BCUT2D eigenvalue weighted by Crippen LogP contribution is 2.33. The molecule has 0 aliphatic heterocycles. The molecule has 21 heavy (non-hydrogen) atoms. The maximum absolute atomic E-state index is 12.5. The monoisotopic (exact) mass is 390 g/mol. The highest BCUT2D eigenvalue weighted by molar-refractivity contribution is 9.11. The zero-order valence-electron chi connectivity index (χ0n) is 10.9. The number of pyridine rings is 1. The van der Waals surface area contributed by atoms with E-state index >= 15 is 0 Å². The second-order valence-electron chi connectivity index (χ2n) is 4.14. The van der Waals surface area contributed by atoms with E-state index in [0.29, 0.717) is 5.69 Å². The Morgan fingerprint density at radius 1 is 1.48 bits per heavy atom. The molecule has 112 valence electrons. The number of aromatic carboxylic acids is 1. The van der Waals surface area contributed by atoms with Crippen LogP contribution in [-0.2, 0) is 16.6 Å². The van der Waals surface area contributed by atoms with Crippen LogP contribution in [0.3, 0.4) is 0 Å². The van der Waals surface area contributed by atoms with E-state index in [0.717, 1.165) is 21.7 Å². The molecule has 0 fully saturated rings. The third-order valence-electron chi connectivity index (χ3n) is 2.67. The molecule has 0 unspecified atom stereocenters. The van der Waals surface area contributed by atoms with Gasteiger partial charge in [0.15, 0.2) is 0 Å². The molecule has 0 amide bonds. The van der Waals surface area contributed by atoms with Crippen LogP contribution in [0, 0.1) is 0 Å². The zero-order chi connectivity index (χ0) is 15.6. The Balaban J connectivity index is 2.31. The first-order valence-corrected chi connectivity index (χ1v) is 8.76. The minimum Gasteiger partial charge on any atom is -0.477 e. The van der Waals surface area contributed by atoms with E-state index in [-0.39, 0.29) is 20.1 Å². The molecule has 0 bridgehead atoms. The second kappa shape index (κ2) is 6.22. The minimum absolute atomic E-state index is 0.0355. The number of halogens is 1. The van der Waals surface area contributed by atoms with Gasteiger partial charge in [-0.05, 0) is 34.1 Å². The summed E-state index contributed by atoms with van der Waals surface area (Å²) in [5.74, 6) is -1.16. The molecule has 9 heteroatoms. The molecule has 0 aliphatic carbocycles. The zero-order valence-corrected chi connectivity index (χ0v) is 14.1. The molecular formula is C12H11BrN2O4S2. The number of nitrogens with zero attached hydrogens (tertiary/aromatic N) is 2. The summed E-state index contributed by atoms with van der Waals surface area (Å²) in [4.78, 5) is 14.9. The van der Waals surface area contributed by atoms with Crippen LogP contribution in [0.25, 0.3) is 0 Å². The molecule has 0 saturated carbocycles. The van der Waals surface area contributed by atoms with Gasteiger partial charge in [-0.3, -0.25) is 4.98 Å². The SMILES string of the molecule is CN(Cc1ccccn1)S(=O)(=O)c1cc(C(=O)O)sc1Br. The van der Waals surface area contributed by atoms with Gasteiger partial charge in [0.2, 0.25) is 10.0 Å².